The number of fused-ring (bicyclic) bond motifs is 1. The quantitative estimate of drug-likeness (QED) is 0.868. The molecule has 1 heterocycles. The van der Waals surface area contributed by atoms with Crippen molar-refractivity contribution in [1.29, 1.82) is 0 Å². The number of thiophene rings is 1. The van der Waals surface area contributed by atoms with Crippen molar-refractivity contribution in [1.82, 2.24) is 0 Å². The number of benzene rings is 1. The van der Waals surface area contributed by atoms with Crippen LogP contribution < -0.4 is 10.1 Å². The number of nitrogens with one attached hydrogen (secondary N) is 1. The number of aryl methyl sites for hydroxylation is 1. The Morgan fingerprint density at radius 3 is 2.79 bits per heavy atom. The number of anilines is 1. The van der Waals surface area contributed by atoms with Crippen molar-refractivity contribution in [2.75, 3.05) is 11.9 Å². The van der Waals surface area contributed by atoms with E-state index < -0.39 is 5.97 Å². The van der Waals surface area contributed by atoms with E-state index in [2.05, 4.69) is 12.2 Å². The molecule has 5 nitrogen and oxygen atoms in total. The van der Waals surface area contributed by atoms with E-state index in [1.165, 1.54) is 16.9 Å². The fourth-order valence-electron chi connectivity index (χ4n) is 2.79. The second-order valence-corrected chi connectivity index (χ2v) is 7.20. The van der Waals surface area contributed by atoms with Gasteiger partial charge in [0.05, 0.1) is 4.88 Å². The average molecular weight is 345 g/mol. The van der Waals surface area contributed by atoms with Gasteiger partial charge in [-0.2, -0.15) is 0 Å². The Labute approximate surface area is 144 Å². The molecule has 0 saturated carbocycles. The highest BCUT2D eigenvalue weighted by molar-refractivity contribution is 7.14. The molecule has 1 aliphatic carbocycles. The van der Waals surface area contributed by atoms with Crippen molar-refractivity contribution in [2.24, 2.45) is 5.92 Å². The standard InChI is InChI=1S/C18H19NO4S/c1-11-2-7-15-12(8-11)9-16(24-15)18(22)19-13-3-5-14(6-4-13)23-10-17(20)21/h3-6,9,11H,2,7-8,10H2,1H3,(H,19,22)(H,20,21). The minimum atomic E-state index is -1.02. The van der Waals surface area contributed by atoms with E-state index in [-0.39, 0.29) is 12.5 Å². The number of hydrogen-bond acceptors (Lipinski definition) is 4. The van der Waals surface area contributed by atoms with Crippen LogP contribution in [0.4, 0.5) is 5.69 Å². The molecular weight excluding hydrogens is 326 g/mol. The lowest BCUT2D eigenvalue weighted by molar-refractivity contribution is -0.139. The van der Waals surface area contributed by atoms with Crippen LogP contribution >= 0.6 is 11.3 Å². The van der Waals surface area contributed by atoms with Crippen LogP contribution in [0.5, 0.6) is 5.75 Å². The van der Waals surface area contributed by atoms with Crippen LogP contribution in [0.25, 0.3) is 0 Å². The SMILES string of the molecule is CC1CCc2sc(C(=O)Nc3ccc(OCC(=O)O)cc3)cc2C1. The van der Waals surface area contributed by atoms with Gasteiger partial charge in [-0.1, -0.05) is 6.92 Å². The Hall–Kier alpha value is -2.34. The predicted octanol–water partition coefficient (Wildman–Crippen LogP) is 3.59. The van der Waals surface area contributed by atoms with E-state index in [1.807, 2.05) is 6.07 Å². The Bertz CT molecular complexity index is 751. The van der Waals surface area contributed by atoms with Gasteiger partial charge in [0.2, 0.25) is 0 Å². The number of ether oxygens (including phenoxy) is 1. The van der Waals surface area contributed by atoms with Crippen molar-refractivity contribution in [3.8, 4) is 5.75 Å². The largest absolute Gasteiger partial charge is 0.482 e. The summed E-state index contributed by atoms with van der Waals surface area (Å²) in [5.74, 6) is 0.00181. The summed E-state index contributed by atoms with van der Waals surface area (Å²) in [6, 6.07) is 8.68. The molecule has 0 saturated heterocycles. The number of carbonyl (C=O) groups excluding carboxylic acids is 1. The van der Waals surface area contributed by atoms with Gasteiger partial charge in [0.25, 0.3) is 5.91 Å². The number of aliphatic carboxylic acids is 1. The first-order valence-corrected chi connectivity index (χ1v) is 8.70. The fraction of sp³-hybridized carbons (Fsp3) is 0.333. The highest BCUT2D eigenvalue weighted by Crippen LogP contribution is 2.32. The molecule has 1 aromatic heterocycles. The lowest BCUT2D eigenvalue weighted by Gasteiger charge is -2.16. The summed E-state index contributed by atoms with van der Waals surface area (Å²) in [6.45, 7) is 1.86. The third kappa shape index (κ3) is 3.94. The molecule has 6 heteroatoms. The highest BCUT2D eigenvalue weighted by atomic mass is 32.1. The Morgan fingerprint density at radius 1 is 1.33 bits per heavy atom. The second kappa shape index (κ2) is 7.05. The van der Waals surface area contributed by atoms with Crippen molar-refractivity contribution in [2.45, 2.75) is 26.2 Å². The molecule has 1 aromatic carbocycles. The molecule has 1 amide bonds. The summed E-state index contributed by atoms with van der Waals surface area (Å²) >= 11 is 1.58. The number of rotatable bonds is 5. The first-order valence-electron chi connectivity index (χ1n) is 7.89. The van der Waals surface area contributed by atoms with Gasteiger partial charge < -0.3 is 15.2 Å². The number of carboxylic acid groups (broad SMARTS) is 1. The zero-order valence-electron chi connectivity index (χ0n) is 13.4. The molecule has 3 rings (SSSR count). The first kappa shape index (κ1) is 16.5. The fourth-order valence-corrected chi connectivity index (χ4v) is 3.89. The Morgan fingerprint density at radius 2 is 2.08 bits per heavy atom. The van der Waals surface area contributed by atoms with E-state index in [1.54, 1.807) is 35.6 Å². The van der Waals surface area contributed by atoms with Gasteiger partial charge >= 0.3 is 5.97 Å². The Kier molecular flexibility index (Phi) is 4.85. The summed E-state index contributed by atoms with van der Waals surface area (Å²) < 4.78 is 5.07. The maximum atomic E-state index is 12.4. The Balaban J connectivity index is 1.63. The maximum Gasteiger partial charge on any atom is 0.341 e. The van der Waals surface area contributed by atoms with E-state index in [0.29, 0.717) is 17.4 Å². The van der Waals surface area contributed by atoms with Crippen LogP contribution in [0, 0.1) is 5.92 Å². The molecule has 1 atom stereocenters. The molecule has 2 N–H and O–H groups in total. The third-order valence-electron chi connectivity index (χ3n) is 4.03. The van der Waals surface area contributed by atoms with Gasteiger partial charge in [-0.3, -0.25) is 4.79 Å². The second-order valence-electron chi connectivity index (χ2n) is 6.07. The molecule has 24 heavy (non-hydrogen) atoms. The zero-order valence-corrected chi connectivity index (χ0v) is 14.2. The van der Waals surface area contributed by atoms with Crippen LogP contribution in [0.1, 0.15) is 33.5 Å². The lowest BCUT2D eigenvalue weighted by atomic mass is 9.90. The molecule has 0 aliphatic heterocycles. The van der Waals surface area contributed by atoms with Gasteiger partial charge in [0.1, 0.15) is 5.75 Å². The van der Waals surface area contributed by atoms with Gasteiger partial charge in [0.15, 0.2) is 6.61 Å². The third-order valence-corrected chi connectivity index (χ3v) is 5.26. The number of carbonyl (C=O) groups is 2. The molecule has 126 valence electrons. The summed E-state index contributed by atoms with van der Waals surface area (Å²) in [5, 5.41) is 11.4. The highest BCUT2D eigenvalue weighted by Gasteiger charge is 2.20. The number of carboxylic acids is 1. The smallest absolute Gasteiger partial charge is 0.341 e. The van der Waals surface area contributed by atoms with E-state index >= 15 is 0 Å². The van der Waals surface area contributed by atoms with Crippen LogP contribution in [-0.2, 0) is 17.6 Å². The van der Waals surface area contributed by atoms with Crippen molar-refractivity contribution in [3.05, 3.63) is 45.6 Å². The summed E-state index contributed by atoms with van der Waals surface area (Å²) in [4.78, 5) is 24.9. The monoisotopic (exact) mass is 345 g/mol. The maximum absolute atomic E-state index is 12.4. The van der Waals surface area contributed by atoms with Crippen LogP contribution in [0.15, 0.2) is 30.3 Å². The normalized spacial score (nSPS) is 16.3. The van der Waals surface area contributed by atoms with Crippen molar-refractivity contribution >= 4 is 28.9 Å². The van der Waals surface area contributed by atoms with E-state index in [0.717, 1.165) is 17.7 Å². The predicted molar refractivity (Wildman–Crippen MR) is 93.0 cm³/mol. The topological polar surface area (TPSA) is 75.6 Å². The number of amides is 1. The van der Waals surface area contributed by atoms with Gasteiger partial charge in [-0.05, 0) is 61.1 Å². The van der Waals surface area contributed by atoms with Gasteiger partial charge in [-0.15, -0.1) is 11.3 Å². The molecule has 2 aromatic rings. The minimum absolute atomic E-state index is 0.110. The van der Waals surface area contributed by atoms with Crippen LogP contribution in [0.3, 0.4) is 0 Å². The van der Waals surface area contributed by atoms with Crippen molar-refractivity contribution in [3.63, 3.8) is 0 Å². The lowest BCUT2D eigenvalue weighted by Crippen LogP contribution is -2.11. The summed E-state index contributed by atoms with van der Waals surface area (Å²) in [5.41, 5.74) is 1.96. The van der Waals surface area contributed by atoms with E-state index in [9.17, 15) is 9.59 Å². The van der Waals surface area contributed by atoms with E-state index in [4.69, 9.17) is 9.84 Å². The summed E-state index contributed by atoms with van der Waals surface area (Å²) in [6.07, 6.45) is 3.30. The molecule has 1 aliphatic rings. The first-order chi connectivity index (χ1) is 11.5. The molecule has 0 radical (unpaired) electrons. The van der Waals surface area contributed by atoms with Crippen molar-refractivity contribution < 1.29 is 19.4 Å². The zero-order chi connectivity index (χ0) is 17.1. The molecule has 1 unspecified atom stereocenters. The molecule has 0 spiro atoms. The van der Waals surface area contributed by atoms with Gasteiger partial charge in [-0.25, -0.2) is 4.79 Å². The molecule has 0 fully saturated rings. The summed E-state index contributed by atoms with van der Waals surface area (Å²) in [7, 11) is 0. The number of hydrogen-bond donors (Lipinski definition) is 2. The van der Waals surface area contributed by atoms with Crippen LogP contribution in [0.2, 0.25) is 0 Å². The van der Waals surface area contributed by atoms with Gasteiger partial charge in [0, 0.05) is 10.6 Å². The molecule has 0 bridgehead atoms. The molecular formula is C18H19NO4S. The average Bonchev–Trinajstić information content (AvgIpc) is 2.97. The minimum Gasteiger partial charge on any atom is -0.482 e. The van der Waals surface area contributed by atoms with Crippen LogP contribution in [-0.4, -0.2) is 23.6 Å².